The van der Waals surface area contributed by atoms with Crippen molar-refractivity contribution in [1.82, 2.24) is 9.13 Å². The molecule has 184 valence electrons. The van der Waals surface area contributed by atoms with E-state index in [1.807, 2.05) is 53.2 Å². The number of aromatic nitrogens is 2. The topological polar surface area (TPSA) is 36.2 Å². The number of hydrogen-bond donors (Lipinski definition) is 0. The van der Waals surface area contributed by atoms with Crippen LogP contribution in [0.2, 0.25) is 0 Å². The minimum atomic E-state index is -0.449. The molecule has 0 aliphatic heterocycles. The van der Waals surface area contributed by atoms with Gasteiger partial charge in [-0.2, -0.15) is 0 Å². The fraction of sp³-hybridized carbons (Fsp3) is 0.281. The van der Waals surface area contributed by atoms with E-state index >= 15 is 0 Å². The molecule has 0 radical (unpaired) electrons. The van der Waals surface area contributed by atoms with Gasteiger partial charge in [0.2, 0.25) is 0 Å². The van der Waals surface area contributed by atoms with Crippen LogP contribution in [-0.2, 0) is 23.4 Å². The van der Waals surface area contributed by atoms with Crippen molar-refractivity contribution < 1.29 is 4.74 Å². The normalized spacial score (nSPS) is 11.9. The minimum absolute atomic E-state index is 0.0608. The van der Waals surface area contributed by atoms with Crippen molar-refractivity contribution in [1.29, 1.82) is 0 Å². The Morgan fingerprint density at radius 2 is 1.44 bits per heavy atom. The second-order valence-corrected chi connectivity index (χ2v) is 9.94. The van der Waals surface area contributed by atoms with Gasteiger partial charge < -0.3 is 13.9 Å². The highest BCUT2D eigenvalue weighted by Crippen LogP contribution is 2.30. The summed E-state index contributed by atoms with van der Waals surface area (Å²) in [6.45, 7) is 6.53. The van der Waals surface area contributed by atoms with Crippen molar-refractivity contribution >= 4 is 21.8 Å². The van der Waals surface area contributed by atoms with Crippen LogP contribution in [0.25, 0.3) is 21.8 Å². The predicted molar refractivity (Wildman–Crippen MR) is 149 cm³/mol. The number of fused-ring (bicyclic) bond motifs is 3. The number of benzene rings is 3. The Hall–Kier alpha value is -3.63. The van der Waals surface area contributed by atoms with Gasteiger partial charge in [0.1, 0.15) is 0 Å². The average Bonchev–Trinajstić information content (AvgIpc) is 3.23. The first-order valence-electron chi connectivity index (χ1n) is 12.9. The molecule has 0 spiro atoms. The molecule has 5 aromatic rings. The first kappa shape index (κ1) is 24.1. The second-order valence-electron chi connectivity index (χ2n) is 9.94. The van der Waals surface area contributed by atoms with Gasteiger partial charge in [0, 0.05) is 30.3 Å². The molecule has 0 saturated heterocycles. The van der Waals surface area contributed by atoms with E-state index in [4.69, 9.17) is 4.74 Å². The van der Waals surface area contributed by atoms with E-state index in [0.717, 1.165) is 59.8 Å². The zero-order valence-electron chi connectivity index (χ0n) is 21.2. The molecule has 3 aromatic carbocycles. The van der Waals surface area contributed by atoms with E-state index in [9.17, 15) is 4.79 Å². The van der Waals surface area contributed by atoms with Crippen LogP contribution in [0.3, 0.4) is 0 Å². The molecule has 36 heavy (non-hydrogen) atoms. The van der Waals surface area contributed by atoms with Gasteiger partial charge in [0.25, 0.3) is 5.56 Å². The SMILES string of the molecule is CC(C)(c1ccccc1)n1ccc2c(c1=O)c1ccccc1n2CCCCCOCc1ccccc1. The molecule has 0 aliphatic rings. The molecule has 4 heteroatoms. The maximum Gasteiger partial charge on any atom is 0.261 e. The number of rotatable bonds is 10. The maximum atomic E-state index is 13.9. The summed E-state index contributed by atoms with van der Waals surface area (Å²) in [7, 11) is 0. The molecule has 5 rings (SSSR count). The van der Waals surface area contributed by atoms with Crippen LogP contribution in [0, 0.1) is 0 Å². The molecular formula is C32H34N2O2. The third-order valence-corrected chi connectivity index (χ3v) is 7.19. The highest BCUT2D eigenvalue weighted by atomic mass is 16.5. The van der Waals surface area contributed by atoms with Gasteiger partial charge in [0.05, 0.1) is 23.0 Å². The van der Waals surface area contributed by atoms with Gasteiger partial charge >= 0.3 is 0 Å². The monoisotopic (exact) mass is 478 g/mol. The fourth-order valence-corrected chi connectivity index (χ4v) is 5.14. The quantitative estimate of drug-likeness (QED) is 0.200. The predicted octanol–water partition coefficient (Wildman–Crippen LogP) is 7.13. The highest BCUT2D eigenvalue weighted by Gasteiger charge is 2.25. The minimum Gasteiger partial charge on any atom is -0.377 e. The lowest BCUT2D eigenvalue weighted by molar-refractivity contribution is 0.116. The van der Waals surface area contributed by atoms with Crippen molar-refractivity contribution in [2.75, 3.05) is 6.61 Å². The smallest absolute Gasteiger partial charge is 0.261 e. The lowest BCUT2D eigenvalue weighted by Gasteiger charge is -2.28. The molecule has 0 atom stereocenters. The van der Waals surface area contributed by atoms with Crippen LogP contribution >= 0.6 is 0 Å². The molecule has 0 amide bonds. The molecule has 0 saturated carbocycles. The van der Waals surface area contributed by atoms with E-state index in [2.05, 4.69) is 66.9 Å². The molecule has 0 unspecified atom stereocenters. The zero-order chi connectivity index (χ0) is 25.0. The van der Waals surface area contributed by atoms with Gasteiger partial charge in [-0.1, -0.05) is 78.9 Å². The number of unbranched alkanes of at least 4 members (excludes halogenated alkanes) is 2. The standard InChI is InChI=1S/C32H34N2O2/c1-32(2,26-16-8-4-9-17-26)34-22-20-29-30(31(34)35)27-18-10-11-19-28(27)33(29)21-12-5-13-23-36-24-25-14-6-3-7-15-25/h3-4,6-11,14-20,22H,5,12-13,21,23-24H2,1-2H3. The van der Waals surface area contributed by atoms with Gasteiger partial charge in [-0.15, -0.1) is 0 Å². The summed E-state index contributed by atoms with van der Waals surface area (Å²) >= 11 is 0. The van der Waals surface area contributed by atoms with Gasteiger partial charge in [-0.05, 0) is 56.4 Å². The van der Waals surface area contributed by atoms with E-state index in [-0.39, 0.29) is 5.56 Å². The number of pyridine rings is 1. The molecule has 0 aliphatic carbocycles. The van der Waals surface area contributed by atoms with Gasteiger partial charge in [-0.3, -0.25) is 4.79 Å². The summed E-state index contributed by atoms with van der Waals surface area (Å²) in [4.78, 5) is 13.9. The largest absolute Gasteiger partial charge is 0.377 e. The van der Waals surface area contributed by atoms with Crippen LogP contribution in [-0.4, -0.2) is 15.7 Å². The van der Waals surface area contributed by atoms with E-state index in [0.29, 0.717) is 6.61 Å². The van der Waals surface area contributed by atoms with E-state index in [1.54, 1.807) is 0 Å². The van der Waals surface area contributed by atoms with Crippen molar-refractivity contribution in [2.45, 2.75) is 51.8 Å². The second kappa shape index (κ2) is 10.5. The Kier molecular flexibility index (Phi) is 7.06. The van der Waals surface area contributed by atoms with Crippen LogP contribution < -0.4 is 5.56 Å². The third kappa shape index (κ3) is 4.74. The lowest BCUT2D eigenvalue weighted by Crippen LogP contribution is -2.36. The summed E-state index contributed by atoms with van der Waals surface area (Å²) in [6.07, 6.45) is 5.12. The summed E-state index contributed by atoms with van der Waals surface area (Å²) in [6, 6.07) is 30.9. The summed E-state index contributed by atoms with van der Waals surface area (Å²) in [5.74, 6) is 0. The first-order valence-corrected chi connectivity index (χ1v) is 12.9. The molecular weight excluding hydrogens is 444 g/mol. The maximum absolute atomic E-state index is 13.9. The average molecular weight is 479 g/mol. The number of para-hydroxylation sites is 1. The Labute approximate surface area is 212 Å². The highest BCUT2D eigenvalue weighted by molar-refractivity contribution is 6.07. The first-order chi connectivity index (χ1) is 17.6. The van der Waals surface area contributed by atoms with Crippen LogP contribution in [0.1, 0.15) is 44.2 Å². The van der Waals surface area contributed by atoms with Crippen LogP contribution in [0.5, 0.6) is 0 Å². The van der Waals surface area contributed by atoms with E-state index in [1.165, 1.54) is 5.56 Å². The molecule has 4 nitrogen and oxygen atoms in total. The summed E-state index contributed by atoms with van der Waals surface area (Å²) in [5.41, 5.74) is 4.08. The van der Waals surface area contributed by atoms with Crippen LogP contribution in [0.15, 0.2) is 102 Å². The third-order valence-electron chi connectivity index (χ3n) is 7.19. The lowest BCUT2D eigenvalue weighted by atomic mass is 9.93. The summed E-state index contributed by atoms with van der Waals surface area (Å²) in [5, 5.41) is 1.84. The number of ether oxygens (including phenoxy) is 1. The molecule has 0 bridgehead atoms. The number of hydrogen-bond acceptors (Lipinski definition) is 2. The van der Waals surface area contributed by atoms with Gasteiger partial charge in [-0.25, -0.2) is 0 Å². The summed E-state index contributed by atoms with van der Waals surface area (Å²) < 4.78 is 10.0. The fourth-order valence-electron chi connectivity index (χ4n) is 5.14. The van der Waals surface area contributed by atoms with Crippen molar-refractivity contribution in [3.8, 4) is 0 Å². The van der Waals surface area contributed by atoms with E-state index < -0.39 is 5.54 Å². The van der Waals surface area contributed by atoms with Crippen molar-refractivity contribution in [3.05, 3.63) is 119 Å². The Balaban J connectivity index is 1.34. The number of aryl methyl sites for hydroxylation is 1. The number of nitrogens with zero attached hydrogens (tertiary/aromatic N) is 2. The van der Waals surface area contributed by atoms with Crippen molar-refractivity contribution in [3.63, 3.8) is 0 Å². The Bertz CT molecular complexity index is 1500. The molecule has 2 aromatic heterocycles. The Morgan fingerprint density at radius 1 is 0.750 bits per heavy atom. The Morgan fingerprint density at radius 3 is 2.22 bits per heavy atom. The zero-order valence-corrected chi connectivity index (χ0v) is 21.2. The molecule has 2 heterocycles. The van der Waals surface area contributed by atoms with Crippen LogP contribution in [0.4, 0.5) is 0 Å². The molecule has 0 fully saturated rings. The van der Waals surface area contributed by atoms with Gasteiger partial charge in [0.15, 0.2) is 0 Å². The molecule has 0 N–H and O–H groups in total. The van der Waals surface area contributed by atoms with Crippen molar-refractivity contribution in [2.24, 2.45) is 0 Å².